The second-order valence-electron chi connectivity index (χ2n) is 9.71. The van der Waals surface area contributed by atoms with Crippen LogP contribution in [0.25, 0.3) is 0 Å². The number of hydrogen-bond acceptors (Lipinski definition) is 9. The number of β-lactam (4-membered cyclic amide) rings is 1. The Bertz CT molecular complexity index is 1190. The number of amides is 3. The zero-order chi connectivity index (χ0) is 28.1. The van der Waals surface area contributed by atoms with E-state index in [9.17, 15) is 37.5 Å². The molecule has 0 unspecified atom stereocenters. The van der Waals surface area contributed by atoms with Crippen molar-refractivity contribution in [1.29, 1.82) is 0 Å². The molecular formula is C21H27F3N8O5S. The number of likely N-dealkylation sites (N-methyl/N-ethyl adjacent to an activating group) is 1. The SMILES string of the molecule is C[C@@H](NC(=O)Cn1nnnc1C(F)(F)F)[C@H]1C(=O)N2C(C(=O)O)=C(S[C@@H]3CN[C@H](C(=O)N(C)C)C3)[C@H](C)[C@H]12. The van der Waals surface area contributed by atoms with E-state index >= 15 is 0 Å². The maximum Gasteiger partial charge on any atom is 0.453 e. The summed E-state index contributed by atoms with van der Waals surface area (Å²) in [6.45, 7) is 3.02. The van der Waals surface area contributed by atoms with Gasteiger partial charge in [0.1, 0.15) is 12.2 Å². The van der Waals surface area contributed by atoms with Gasteiger partial charge in [0.2, 0.25) is 17.7 Å². The topological polar surface area (TPSA) is 163 Å². The lowest BCUT2D eigenvalue weighted by Gasteiger charge is -2.47. The van der Waals surface area contributed by atoms with Crippen molar-refractivity contribution in [2.24, 2.45) is 11.8 Å². The molecule has 0 saturated carbocycles. The van der Waals surface area contributed by atoms with Gasteiger partial charge in [0.25, 0.3) is 5.82 Å². The maximum atomic E-state index is 13.0. The van der Waals surface area contributed by atoms with E-state index in [2.05, 4.69) is 26.2 Å². The number of aromatic nitrogens is 4. The molecule has 0 aliphatic carbocycles. The molecular weight excluding hydrogens is 533 g/mol. The van der Waals surface area contributed by atoms with Crippen molar-refractivity contribution >= 4 is 35.5 Å². The number of hydrogen-bond donors (Lipinski definition) is 3. The number of rotatable bonds is 8. The first-order valence-corrected chi connectivity index (χ1v) is 12.6. The lowest BCUT2D eigenvalue weighted by Crippen LogP contribution is -2.66. The Morgan fingerprint density at radius 2 is 2.00 bits per heavy atom. The quantitative estimate of drug-likeness (QED) is 0.354. The summed E-state index contributed by atoms with van der Waals surface area (Å²) in [7, 11) is 3.31. The number of halogens is 3. The molecule has 3 amide bonds. The highest BCUT2D eigenvalue weighted by atomic mass is 32.2. The third-order valence-electron chi connectivity index (χ3n) is 6.92. The van der Waals surface area contributed by atoms with Crippen LogP contribution in [-0.4, -0.2) is 103 Å². The van der Waals surface area contributed by atoms with Crippen molar-refractivity contribution in [3.63, 3.8) is 0 Å². The van der Waals surface area contributed by atoms with E-state index in [-0.39, 0.29) is 28.8 Å². The fourth-order valence-electron chi connectivity index (χ4n) is 5.21. The molecule has 3 aliphatic rings. The van der Waals surface area contributed by atoms with Crippen LogP contribution in [0.4, 0.5) is 13.2 Å². The third kappa shape index (κ3) is 4.95. The summed E-state index contributed by atoms with van der Waals surface area (Å²) in [5.74, 6) is -5.23. The summed E-state index contributed by atoms with van der Waals surface area (Å²) in [6.07, 6.45) is -4.35. The summed E-state index contributed by atoms with van der Waals surface area (Å²) in [5, 5.41) is 24.6. The fourth-order valence-corrected chi connectivity index (χ4v) is 6.69. The highest BCUT2D eigenvalue weighted by Gasteiger charge is 2.60. The largest absolute Gasteiger partial charge is 0.477 e. The van der Waals surface area contributed by atoms with Crippen molar-refractivity contribution in [2.45, 2.75) is 56.4 Å². The van der Waals surface area contributed by atoms with E-state index < -0.39 is 54.3 Å². The molecule has 17 heteroatoms. The molecule has 4 heterocycles. The van der Waals surface area contributed by atoms with E-state index in [4.69, 9.17) is 0 Å². The highest BCUT2D eigenvalue weighted by Crippen LogP contribution is 2.51. The Hall–Kier alpha value is -3.21. The molecule has 1 aromatic rings. The minimum atomic E-state index is -4.85. The van der Waals surface area contributed by atoms with Crippen LogP contribution in [0.15, 0.2) is 10.6 Å². The molecule has 13 nitrogen and oxygen atoms in total. The molecule has 6 atom stereocenters. The molecule has 4 rings (SSSR count). The highest BCUT2D eigenvalue weighted by molar-refractivity contribution is 8.03. The monoisotopic (exact) mass is 560 g/mol. The third-order valence-corrected chi connectivity index (χ3v) is 8.43. The van der Waals surface area contributed by atoms with Crippen LogP contribution in [-0.2, 0) is 31.9 Å². The molecule has 208 valence electrons. The molecule has 0 aromatic carbocycles. The van der Waals surface area contributed by atoms with Crippen molar-refractivity contribution in [3.05, 3.63) is 16.4 Å². The normalized spacial score (nSPS) is 27.7. The predicted octanol–water partition coefficient (Wildman–Crippen LogP) is -0.479. The molecule has 1 aromatic heterocycles. The van der Waals surface area contributed by atoms with Gasteiger partial charge in [0, 0.05) is 42.8 Å². The molecule has 3 N–H and O–H groups in total. The average molecular weight is 561 g/mol. The van der Waals surface area contributed by atoms with E-state index in [1.807, 2.05) is 0 Å². The van der Waals surface area contributed by atoms with Crippen LogP contribution in [0.5, 0.6) is 0 Å². The van der Waals surface area contributed by atoms with Gasteiger partial charge in [-0.1, -0.05) is 6.92 Å². The molecule has 3 aliphatic heterocycles. The number of nitrogens with one attached hydrogen (secondary N) is 2. The van der Waals surface area contributed by atoms with Crippen LogP contribution in [0.1, 0.15) is 26.1 Å². The Balaban J connectivity index is 1.43. The van der Waals surface area contributed by atoms with Gasteiger partial charge in [-0.15, -0.1) is 16.9 Å². The van der Waals surface area contributed by atoms with Gasteiger partial charge in [-0.2, -0.15) is 13.2 Å². The Labute approximate surface area is 219 Å². The van der Waals surface area contributed by atoms with E-state index in [1.165, 1.54) is 21.6 Å². The Morgan fingerprint density at radius 1 is 1.32 bits per heavy atom. The lowest BCUT2D eigenvalue weighted by atomic mass is 9.78. The van der Waals surface area contributed by atoms with Crippen LogP contribution in [0, 0.1) is 11.8 Å². The van der Waals surface area contributed by atoms with Crippen molar-refractivity contribution in [1.82, 2.24) is 40.6 Å². The van der Waals surface area contributed by atoms with Crippen molar-refractivity contribution < 1.29 is 37.5 Å². The second-order valence-corrected chi connectivity index (χ2v) is 11.1. The standard InChI is InChI=1S/C21H27F3N8O5S/c1-8-14-13(9(2)26-12(33)7-31-20(21(22,23)24)27-28-29-31)18(35)32(14)15(19(36)37)16(8)38-10-5-11(25-6-10)17(34)30(3)4/h8-11,13-14,25H,5-7H2,1-4H3,(H,26,33)(H,36,37)/t8-,9-,10+,11+,13-,14-/m1/s1. The summed E-state index contributed by atoms with van der Waals surface area (Å²) in [6, 6.07) is -1.72. The average Bonchev–Trinajstić information content (AvgIpc) is 3.51. The number of carboxylic acid groups (broad SMARTS) is 1. The van der Waals surface area contributed by atoms with Crippen LogP contribution < -0.4 is 10.6 Å². The van der Waals surface area contributed by atoms with Gasteiger partial charge in [0.15, 0.2) is 0 Å². The number of carboxylic acids is 1. The van der Waals surface area contributed by atoms with Crippen LogP contribution in [0.2, 0.25) is 0 Å². The van der Waals surface area contributed by atoms with Crippen molar-refractivity contribution in [3.8, 4) is 0 Å². The predicted molar refractivity (Wildman–Crippen MR) is 125 cm³/mol. The van der Waals surface area contributed by atoms with E-state index in [0.717, 1.165) is 0 Å². The number of tetrazole rings is 1. The lowest BCUT2D eigenvalue weighted by molar-refractivity contribution is -0.158. The first-order chi connectivity index (χ1) is 17.7. The van der Waals surface area contributed by atoms with Gasteiger partial charge in [-0.3, -0.25) is 14.4 Å². The van der Waals surface area contributed by atoms with Crippen LogP contribution >= 0.6 is 11.8 Å². The Morgan fingerprint density at radius 3 is 2.61 bits per heavy atom. The van der Waals surface area contributed by atoms with Gasteiger partial charge >= 0.3 is 12.1 Å². The van der Waals surface area contributed by atoms with Crippen LogP contribution in [0.3, 0.4) is 0 Å². The van der Waals surface area contributed by atoms with Gasteiger partial charge in [0.05, 0.1) is 18.0 Å². The summed E-state index contributed by atoms with van der Waals surface area (Å²) in [5.41, 5.74) is -0.113. The number of thioether (sulfide) groups is 1. The smallest absolute Gasteiger partial charge is 0.453 e. The zero-order valence-electron chi connectivity index (χ0n) is 20.9. The first kappa shape index (κ1) is 27.8. The summed E-state index contributed by atoms with van der Waals surface area (Å²) >= 11 is 1.33. The van der Waals surface area contributed by atoms with Gasteiger partial charge < -0.3 is 25.5 Å². The number of alkyl halides is 3. The maximum absolute atomic E-state index is 13.0. The van der Waals surface area contributed by atoms with E-state index in [1.54, 1.807) is 27.9 Å². The zero-order valence-corrected chi connectivity index (χ0v) is 21.7. The summed E-state index contributed by atoms with van der Waals surface area (Å²) < 4.78 is 39.3. The number of carbonyl (C=O) groups is 4. The molecule has 0 radical (unpaired) electrons. The molecule has 38 heavy (non-hydrogen) atoms. The number of aliphatic carboxylic acids is 1. The number of carbonyl (C=O) groups excluding carboxylic acids is 3. The molecule has 2 fully saturated rings. The minimum Gasteiger partial charge on any atom is -0.477 e. The molecule has 2 saturated heterocycles. The molecule has 0 bridgehead atoms. The van der Waals surface area contributed by atoms with Crippen molar-refractivity contribution in [2.75, 3.05) is 20.6 Å². The number of fused-ring (bicyclic) bond motifs is 1. The Kier molecular flexibility index (Phi) is 7.44. The van der Waals surface area contributed by atoms with E-state index in [0.29, 0.717) is 22.6 Å². The van der Waals surface area contributed by atoms with Gasteiger partial charge in [-0.05, 0) is 23.8 Å². The summed E-state index contributed by atoms with van der Waals surface area (Å²) in [4.78, 5) is 53.2. The molecule has 0 spiro atoms. The van der Waals surface area contributed by atoms with Gasteiger partial charge in [-0.25, -0.2) is 9.48 Å². The first-order valence-electron chi connectivity index (χ1n) is 11.8. The fraction of sp³-hybridized carbons (Fsp3) is 0.667. The minimum absolute atomic E-state index is 0.0762. The number of nitrogens with zero attached hydrogens (tertiary/aromatic N) is 6. The second kappa shape index (κ2) is 10.2.